The van der Waals surface area contributed by atoms with E-state index in [1.165, 1.54) is 6.92 Å². The number of nitrogens with zero attached hydrogens (tertiary/aromatic N) is 1. The van der Waals surface area contributed by atoms with E-state index in [1.54, 1.807) is 67.6 Å². The van der Waals surface area contributed by atoms with Crippen LogP contribution in [0.2, 0.25) is 0 Å². The highest BCUT2D eigenvalue weighted by molar-refractivity contribution is 6.04. The molecular formula is C22H23NO6. The van der Waals surface area contributed by atoms with Crippen LogP contribution in [-0.2, 0) is 19.9 Å². The maximum absolute atomic E-state index is 13.1. The molecule has 3 rings (SSSR count). The van der Waals surface area contributed by atoms with Crippen LogP contribution in [0.15, 0.2) is 60.7 Å². The zero-order chi connectivity index (χ0) is 21.2. The van der Waals surface area contributed by atoms with Crippen LogP contribution in [0.5, 0.6) is 0 Å². The summed E-state index contributed by atoms with van der Waals surface area (Å²) in [5.74, 6) is -2.59. The molecule has 0 heterocycles. The van der Waals surface area contributed by atoms with Gasteiger partial charge in [0, 0.05) is 11.3 Å². The van der Waals surface area contributed by atoms with E-state index in [0.29, 0.717) is 5.56 Å². The van der Waals surface area contributed by atoms with E-state index >= 15 is 0 Å². The molecule has 1 N–H and O–H groups in total. The first kappa shape index (κ1) is 20.7. The van der Waals surface area contributed by atoms with Crippen LogP contribution >= 0.6 is 0 Å². The molecule has 1 aliphatic carbocycles. The number of ketones is 1. The van der Waals surface area contributed by atoms with E-state index in [2.05, 4.69) is 0 Å². The van der Waals surface area contributed by atoms with Gasteiger partial charge in [-0.3, -0.25) is 19.7 Å². The van der Waals surface area contributed by atoms with E-state index < -0.39 is 46.1 Å². The second-order valence-electron chi connectivity index (χ2n) is 7.33. The fraction of sp³-hybridized carbons (Fsp3) is 0.364. The van der Waals surface area contributed by atoms with Gasteiger partial charge in [0.1, 0.15) is 11.2 Å². The summed E-state index contributed by atoms with van der Waals surface area (Å²) >= 11 is 0. The zero-order valence-corrected chi connectivity index (χ0v) is 16.3. The van der Waals surface area contributed by atoms with Gasteiger partial charge in [0.05, 0.1) is 12.5 Å². The molecule has 2 aromatic rings. The lowest BCUT2D eigenvalue weighted by Gasteiger charge is -2.30. The molecular weight excluding hydrogens is 374 g/mol. The summed E-state index contributed by atoms with van der Waals surface area (Å²) in [5, 5.41) is 23.9. The number of carbonyl (C=O) groups excluding carboxylic acids is 2. The first-order valence-electron chi connectivity index (χ1n) is 9.43. The Morgan fingerprint density at radius 2 is 1.69 bits per heavy atom. The molecule has 7 nitrogen and oxygen atoms in total. The van der Waals surface area contributed by atoms with Gasteiger partial charge in [-0.1, -0.05) is 60.7 Å². The zero-order valence-electron chi connectivity index (χ0n) is 16.3. The number of esters is 1. The molecule has 7 heteroatoms. The van der Waals surface area contributed by atoms with Gasteiger partial charge < -0.3 is 9.84 Å². The summed E-state index contributed by atoms with van der Waals surface area (Å²) in [5.41, 5.74) is -3.18. The lowest BCUT2D eigenvalue weighted by atomic mass is 9.70. The fourth-order valence-electron chi connectivity index (χ4n) is 4.55. The Bertz CT molecular complexity index is 915. The minimum absolute atomic E-state index is 0.0161. The number of hydrogen-bond donors (Lipinski definition) is 1. The van der Waals surface area contributed by atoms with Crippen molar-refractivity contribution in [3.05, 3.63) is 81.9 Å². The minimum atomic E-state index is -2.02. The van der Waals surface area contributed by atoms with Crippen molar-refractivity contribution in [1.29, 1.82) is 0 Å². The molecule has 4 atom stereocenters. The maximum atomic E-state index is 13.1. The molecule has 29 heavy (non-hydrogen) atoms. The highest BCUT2D eigenvalue weighted by Crippen LogP contribution is 2.59. The van der Waals surface area contributed by atoms with Crippen molar-refractivity contribution in [2.24, 2.45) is 5.41 Å². The van der Waals surface area contributed by atoms with Crippen molar-refractivity contribution in [1.82, 2.24) is 0 Å². The van der Waals surface area contributed by atoms with Crippen molar-refractivity contribution >= 4 is 11.8 Å². The topological polar surface area (TPSA) is 107 Å². The van der Waals surface area contributed by atoms with E-state index in [0.717, 1.165) is 0 Å². The van der Waals surface area contributed by atoms with Gasteiger partial charge >= 0.3 is 5.97 Å². The molecule has 0 amide bonds. The van der Waals surface area contributed by atoms with Gasteiger partial charge in [-0.05, 0) is 25.0 Å². The SMILES string of the molecule is CCOC(=O)[C@]1(C(C)=O)C[C@](O)(c2ccccc2)[C@@H]([N+](=O)[O-])[C@@H]1c1ccccc1. The predicted octanol–water partition coefficient (Wildman–Crippen LogP) is 2.85. The van der Waals surface area contributed by atoms with Gasteiger partial charge in [0.15, 0.2) is 5.60 Å². The summed E-state index contributed by atoms with van der Waals surface area (Å²) in [6, 6.07) is 14.9. The lowest BCUT2D eigenvalue weighted by Crippen LogP contribution is -2.45. The number of ether oxygens (including phenoxy) is 1. The van der Waals surface area contributed by atoms with E-state index in [-0.39, 0.29) is 12.2 Å². The second kappa shape index (κ2) is 7.75. The normalized spacial score (nSPS) is 28.7. The molecule has 0 aliphatic heterocycles. The lowest BCUT2D eigenvalue weighted by molar-refractivity contribution is -0.547. The van der Waals surface area contributed by atoms with Crippen LogP contribution in [0.4, 0.5) is 0 Å². The molecule has 0 aromatic heterocycles. The average molecular weight is 397 g/mol. The molecule has 1 saturated carbocycles. The number of carbonyl (C=O) groups is 2. The van der Waals surface area contributed by atoms with Crippen LogP contribution < -0.4 is 0 Å². The quantitative estimate of drug-likeness (QED) is 0.348. The Hall–Kier alpha value is -3.06. The monoisotopic (exact) mass is 397 g/mol. The van der Waals surface area contributed by atoms with Gasteiger partial charge in [-0.25, -0.2) is 0 Å². The van der Waals surface area contributed by atoms with Crippen molar-refractivity contribution < 1.29 is 24.4 Å². The van der Waals surface area contributed by atoms with Gasteiger partial charge in [-0.15, -0.1) is 0 Å². The van der Waals surface area contributed by atoms with Crippen LogP contribution in [0, 0.1) is 15.5 Å². The smallest absolute Gasteiger partial charge is 0.320 e. The third-order valence-corrected chi connectivity index (χ3v) is 5.81. The number of benzene rings is 2. The fourth-order valence-corrected chi connectivity index (χ4v) is 4.55. The van der Waals surface area contributed by atoms with Crippen LogP contribution in [-0.4, -0.2) is 34.4 Å². The number of rotatable bonds is 6. The summed E-state index contributed by atoms with van der Waals surface area (Å²) in [6.45, 7) is 2.84. The maximum Gasteiger partial charge on any atom is 0.320 e. The summed E-state index contributed by atoms with van der Waals surface area (Å²) in [6.07, 6.45) is -0.427. The Kier molecular flexibility index (Phi) is 5.53. The van der Waals surface area contributed by atoms with E-state index in [9.17, 15) is 24.8 Å². The van der Waals surface area contributed by atoms with Crippen molar-refractivity contribution in [3.63, 3.8) is 0 Å². The van der Waals surface area contributed by atoms with Crippen molar-refractivity contribution in [3.8, 4) is 0 Å². The molecule has 0 spiro atoms. The van der Waals surface area contributed by atoms with Crippen LogP contribution in [0.3, 0.4) is 0 Å². The van der Waals surface area contributed by atoms with Gasteiger partial charge in [0.25, 0.3) is 6.04 Å². The first-order chi connectivity index (χ1) is 13.8. The highest BCUT2D eigenvalue weighted by Gasteiger charge is 2.73. The Morgan fingerprint density at radius 1 is 1.14 bits per heavy atom. The molecule has 0 unspecified atom stereocenters. The summed E-state index contributed by atoms with van der Waals surface area (Å²) in [4.78, 5) is 37.7. The molecule has 0 bridgehead atoms. The molecule has 0 saturated heterocycles. The summed E-state index contributed by atoms with van der Waals surface area (Å²) in [7, 11) is 0. The van der Waals surface area contributed by atoms with Crippen molar-refractivity contribution in [2.45, 2.75) is 37.8 Å². The molecule has 152 valence electrons. The molecule has 1 fully saturated rings. The third kappa shape index (κ3) is 3.21. The van der Waals surface area contributed by atoms with E-state index in [1.807, 2.05) is 0 Å². The number of hydrogen-bond acceptors (Lipinski definition) is 6. The first-order valence-corrected chi connectivity index (χ1v) is 9.43. The van der Waals surface area contributed by atoms with E-state index in [4.69, 9.17) is 4.74 Å². The average Bonchev–Trinajstić information content (AvgIpc) is 3.01. The standard InChI is InChI=1S/C22H23NO6/c1-3-29-20(25)21(15(2)24)14-22(26,17-12-8-5-9-13-17)19(23(27)28)18(21)16-10-6-4-7-11-16/h4-13,18-19,26H,3,14H2,1-2H3/t18-,19-,21-,22-/m0/s1. The Morgan fingerprint density at radius 3 is 2.17 bits per heavy atom. The third-order valence-electron chi connectivity index (χ3n) is 5.81. The van der Waals surface area contributed by atoms with Crippen LogP contribution in [0.25, 0.3) is 0 Å². The number of aliphatic hydroxyl groups is 1. The Balaban J connectivity index is 2.33. The Labute approximate surface area is 168 Å². The highest BCUT2D eigenvalue weighted by atomic mass is 16.6. The van der Waals surface area contributed by atoms with Crippen LogP contribution in [0.1, 0.15) is 37.3 Å². The number of Topliss-reactive ketones (excluding diaryl/α,β-unsaturated/α-hetero) is 1. The molecule has 0 radical (unpaired) electrons. The predicted molar refractivity (Wildman–Crippen MR) is 105 cm³/mol. The van der Waals surface area contributed by atoms with Gasteiger partial charge in [-0.2, -0.15) is 0 Å². The summed E-state index contributed by atoms with van der Waals surface area (Å²) < 4.78 is 5.21. The largest absolute Gasteiger partial charge is 0.465 e. The van der Waals surface area contributed by atoms with Crippen molar-refractivity contribution in [2.75, 3.05) is 6.61 Å². The van der Waals surface area contributed by atoms with Gasteiger partial charge in [0.2, 0.25) is 0 Å². The molecule has 2 aromatic carbocycles. The second-order valence-corrected chi connectivity index (χ2v) is 7.33. The molecule has 1 aliphatic rings. The number of nitro groups is 1. The minimum Gasteiger partial charge on any atom is -0.465 e.